The minimum absolute atomic E-state index is 0. The molecule has 1 unspecified atom stereocenters. The Hall–Kier alpha value is -0.690. The molecule has 1 aromatic rings. The van der Waals surface area contributed by atoms with Crippen LogP contribution in [0.25, 0.3) is 0 Å². The quantitative estimate of drug-likeness (QED) is 0.420. The van der Waals surface area contributed by atoms with Gasteiger partial charge in [-0.3, -0.25) is 0 Å². The first-order chi connectivity index (χ1) is 10.1. The van der Waals surface area contributed by atoms with Crippen LogP contribution in [0.1, 0.15) is 38.5 Å². The number of ether oxygens (including phenoxy) is 1. The summed E-state index contributed by atoms with van der Waals surface area (Å²) in [5.74, 6) is 1.13. The lowest BCUT2D eigenvalue weighted by atomic mass is 9.63. The van der Waals surface area contributed by atoms with Crippen molar-refractivity contribution in [3.05, 3.63) is 23.2 Å². The number of guanidine groups is 1. The summed E-state index contributed by atoms with van der Waals surface area (Å²) in [6, 6.07) is 5.90. The zero-order valence-electron chi connectivity index (χ0n) is 12.8. The predicted octanol–water partition coefficient (Wildman–Crippen LogP) is 4.42. The van der Waals surface area contributed by atoms with Crippen molar-refractivity contribution in [1.82, 2.24) is 0 Å². The summed E-state index contributed by atoms with van der Waals surface area (Å²) >= 11 is 6.11. The fourth-order valence-corrected chi connectivity index (χ4v) is 3.90. The highest BCUT2D eigenvalue weighted by Crippen LogP contribution is 2.54. The molecule has 22 heavy (non-hydrogen) atoms. The van der Waals surface area contributed by atoms with Crippen molar-refractivity contribution in [2.24, 2.45) is 16.1 Å². The maximum absolute atomic E-state index is 6.11. The van der Waals surface area contributed by atoms with Gasteiger partial charge in [0.25, 0.3) is 0 Å². The zero-order valence-corrected chi connectivity index (χ0v) is 15.9. The van der Waals surface area contributed by atoms with Crippen LogP contribution in [0.3, 0.4) is 0 Å². The standard InChI is InChI=1S/C16H22ClN3O.HI/c1-21-13-5-4-11(10-12(13)17)19-15(18)20-14-6-9-16(14)7-2-3-8-16;/h4-5,10,14H,2-3,6-9H2,1H3,(H3,18,19,20);1H. The summed E-state index contributed by atoms with van der Waals surface area (Å²) in [4.78, 5) is 4.69. The van der Waals surface area contributed by atoms with E-state index in [-0.39, 0.29) is 24.0 Å². The SMILES string of the molecule is COc1ccc(NC(N)=NC2CCC23CCCC3)cc1Cl.I. The second-order valence-electron chi connectivity index (χ2n) is 6.11. The van der Waals surface area contributed by atoms with E-state index >= 15 is 0 Å². The minimum atomic E-state index is 0. The van der Waals surface area contributed by atoms with Crippen molar-refractivity contribution in [3.8, 4) is 5.75 Å². The van der Waals surface area contributed by atoms with Crippen LogP contribution in [0.4, 0.5) is 5.69 Å². The topological polar surface area (TPSA) is 59.6 Å². The Bertz CT molecular complexity index is 558. The van der Waals surface area contributed by atoms with Crippen molar-refractivity contribution in [3.63, 3.8) is 0 Å². The lowest BCUT2D eigenvalue weighted by Crippen LogP contribution is -2.43. The van der Waals surface area contributed by atoms with E-state index in [1.165, 1.54) is 32.1 Å². The monoisotopic (exact) mass is 435 g/mol. The summed E-state index contributed by atoms with van der Waals surface area (Å²) in [5, 5.41) is 3.69. The first-order valence-electron chi connectivity index (χ1n) is 7.57. The molecule has 1 spiro atoms. The van der Waals surface area contributed by atoms with Crippen molar-refractivity contribution in [2.75, 3.05) is 12.4 Å². The third-order valence-corrected chi connectivity index (χ3v) is 5.24. The highest BCUT2D eigenvalue weighted by molar-refractivity contribution is 14.0. The van der Waals surface area contributed by atoms with Crippen molar-refractivity contribution in [2.45, 2.75) is 44.6 Å². The Balaban J connectivity index is 0.00000176. The molecule has 2 saturated carbocycles. The molecule has 0 aliphatic heterocycles. The molecule has 4 nitrogen and oxygen atoms in total. The summed E-state index contributed by atoms with van der Waals surface area (Å²) in [6.07, 6.45) is 7.76. The highest BCUT2D eigenvalue weighted by atomic mass is 127. The minimum Gasteiger partial charge on any atom is -0.495 e. The van der Waals surface area contributed by atoms with E-state index in [1.54, 1.807) is 13.2 Å². The molecule has 0 saturated heterocycles. The molecular weight excluding hydrogens is 413 g/mol. The molecule has 0 bridgehead atoms. The maximum atomic E-state index is 6.11. The molecule has 2 aliphatic rings. The van der Waals surface area contributed by atoms with Crippen LogP contribution < -0.4 is 15.8 Å². The van der Waals surface area contributed by atoms with Crippen molar-refractivity contribution < 1.29 is 4.74 Å². The van der Waals surface area contributed by atoms with Gasteiger partial charge in [-0.15, -0.1) is 24.0 Å². The van der Waals surface area contributed by atoms with E-state index in [0.717, 1.165) is 12.1 Å². The smallest absolute Gasteiger partial charge is 0.193 e. The number of hydrogen-bond donors (Lipinski definition) is 2. The Morgan fingerprint density at radius 2 is 2.09 bits per heavy atom. The Kier molecular flexibility index (Phi) is 5.82. The average molecular weight is 436 g/mol. The molecule has 3 N–H and O–H groups in total. The van der Waals surface area contributed by atoms with Gasteiger partial charge in [-0.2, -0.15) is 0 Å². The van der Waals surface area contributed by atoms with E-state index in [4.69, 9.17) is 27.1 Å². The third kappa shape index (κ3) is 3.45. The second kappa shape index (κ2) is 7.25. The van der Waals surface area contributed by atoms with Crippen molar-refractivity contribution in [1.29, 1.82) is 0 Å². The highest BCUT2D eigenvalue weighted by Gasteiger charge is 2.48. The molecule has 6 heteroatoms. The molecule has 0 aromatic heterocycles. The van der Waals surface area contributed by atoms with Gasteiger partial charge in [0.15, 0.2) is 5.96 Å². The van der Waals surface area contributed by atoms with Gasteiger partial charge in [-0.1, -0.05) is 24.4 Å². The molecule has 0 amide bonds. The summed E-state index contributed by atoms with van der Waals surface area (Å²) < 4.78 is 5.14. The van der Waals surface area contributed by atoms with E-state index in [9.17, 15) is 0 Å². The number of halogens is 2. The van der Waals surface area contributed by atoms with E-state index in [0.29, 0.717) is 28.2 Å². The van der Waals surface area contributed by atoms with Gasteiger partial charge in [0.2, 0.25) is 0 Å². The van der Waals surface area contributed by atoms with Gasteiger partial charge in [0.1, 0.15) is 5.75 Å². The number of nitrogens with two attached hydrogens (primary N) is 1. The molecule has 122 valence electrons. The third-order valence-electron chi connectivity index (χ3n) is 4.94. The van der Waals surface area contributed by atoms with E-state index in [1.807, 2.05) is 12.1 Å². The van der Waals surface area contributed by atoms with Crippen LogP contribution in [0.5, 0.6) is 5.75 Å². The van der Waals surface area contributed by atoms with Crippen LogP contribution >= 0.6 is 35.6 Å². The number of hydrogen-bond acceptors (Lipinski definition) is 2. The van der Waals surface area contributed by atoms with Gasteiger partial charge in [-0.25, -0.2) is 4.99 Å². The molecule has 1 atom stereocenters. The first kappa shape index (κ1) is 17.7. The summed E-state index contributed by atoms with van der Waals surface area (Å²) in [7, 11) is 1.60. The maximum Gasteiger partial charge on any atom is 0.193 e. The Labute approximate surface area is 153 Å². The number of aliphatic imine (C=N–C) groups is 1. The van der Waals surface area contributed by atoms with Crippen LogP contribution in [-0.4, -0.2) is 19.1 Å². The lowest BCUT2D eigenvalue weighted by Gasteiger charge is -2.45. The number of rotatable bonds is 3. The van der Waals surface area contributed by atoms with Gasteiger partial charge in [-0.05, 0) is 49.3 Å². The zero-order chi connectivity index (χ0) is 14.9. The van der Waals surface area contributed by atoms with E-state index in [2.05, 4.69) is 5.32 Å². The first-order valence-corrected chi connectivity index (χ1v) is 7.95. The van der Waals surface area contributed by atoms with Crippen LogP contribution in [-0.2, 0) is 0 Å². The lowest BCUT2D eigenvalue weighted by molar-refractivity contribution is 0.104. The Morgan fingerprint density at radius 1 is 1.36 bits per heavy atom. The Morgan fingerprint density at radius 3 is 2.64 bits per heavy atom. The van der Waals surface area contributed by atoms with Crippen LogP contribution in [0.2, 0.25) is 5.02 Å². The molecular formula is C16H23ClIN3O. The van der Waals surface area contributed by atoms with Crippen LogP contribution in [0, 0.1) is 5.41 Å². The number of nitrogens with zero attached hydrogens (tertiary/aromatic N) is 1. The number of nitrogens with one attached hydrogen (secondary N) is 1. The normalized spacial score (nSPS) is 22.8. The fraction of sp³-hybridized carbons (Fsp3) is 0.562. The fourth-order valence-electron chi connectivity index (χ4n) is 3.64. The van der Waals surface area contributed by atoms with Crippen molar-refractivity contribution >= 4 is 47.2 Å². The average Bonchev–Trinajstić information content (AvgIpc) is 2.96. The molecule has 0 radical (unpaired) electrons. The predicted molar refractivity (Wildman–Crippen MR) is 103 cm³/mol. The molecule has 0 heterocycles. The molecule has 1 aromatic carbocycles. The van der Waals surface area contributed by atoms with Gasteiger partial charge < -0.3 is 15.8 Å². The summed E-state index contributed by atoms with van der Waals surface area (Å²) in [6.45, 7) is 0. The van der Waals surface area contributed by atoms with Crippen LogP contribution in [0.15, 0.2) is 23.2 Å². The molecule has 2 fully saturated rings. The summed E-state index contributed by atoms with van der Waals surface area (Å²) in [5.41, 5.74) is 7.34. The largest absolute Gasteiger partial charge is 0.495 e. The van der Waals surface area contributed by atoms with Gasteiger partial charge >= 0.3 is 0 Å². The number of anilines is 1. The van der Waals surface area contributed by atoms with E-state index < -0.39 is 0 Å². The molecule has 2 aliphatic carbocycles. The van der Waals surface area contributed by atoms with Gasteiger partial charge in [0, 0.05) is 5.69 Å². The van der Waals surface area contributed by atoms with Gasteiger partial charge in [0.05, 0.1) is 18.2 Å². The number of benzene rings is 1. The molecule has 3 rings (SSSR count). The number of methoxy groups -OCH3 is 1. The second-order valence-corrected chi connectivity index (χ2v) is 6.52.